The molecule has 2 rings (SSSR count). The number of hydrogen-bond donors (Lipinski definition) is 2. The van der Waals surface area contributed by atoms with E-state index in [0.717, 1.165) is 35.5 Å². The number of benzene rings is 1. The molecule has 0 bridgehead atoms. The van der Waals surface area contributed by atoms with E-state index in [9.17, 15) is 9.90 Å². The largest absolute Gasteiger partial charge is 0.388 e. The highest BCUT2D eigenvalue weighted by Crippen LogP contribution is 2.15. The van der Waals surface area contributed by atoms with Crippen molar-refractivity contribution in [3.05, 3.63) is 52.0 Å². The van der Waals surface area contributed by atoms with Gasteiger partial charge in [0.15, 0.2) is 0 Å². The van der Waals surface area contributed by atoms with E-state index in [-0.39, 0.29) is 12.3 Å². The molecule has 2 N–H and O–H groups in total. The number of unbranched alkanes of at least 4 members (excludes halogenated alkanes) is 1. The summed E-state index contributed by atoms with van der Waals surface area (Å²) in [6.07, 6.45) is 2.26. The van der Waals surface area contributed by atoms with Gasteiger partial charge in [-0.25, -0.2) is 4.98 Å². The van der Waals surface area contributed by atoms with Gasteiger partial charge in [0.1, 0.15) is 0 Å². The van der Waals surface area contributed by atoms with Gasteiger partial charge in [-0.05, 0) is 31.7 Å². The summed E-state index contributed by atoms with van der Waals surface area (Å²) in [5.74, 6) is -0.110. The SMILES string of the molecule is Cc1csc(CCCCNC(=O)CC(O)c2ccccc2)n1. The molecule has 1 atom stereocenters. The lowest BCUT2D eigenvalue weighted by atomic mass is 10.1. The van der Waals surface area contributed by atoms with E-state index in [1.54, 1.807) is 11.3 Å². The number of aryl methyl sites for hydroxylation is 2. The smallest absolute Gasteiger partial charge is 0.222 e. The van der Waals surface area contributed by atoms with E-state index in [1.807, 2.05) is 37.3 Å². The number of carbonyl (C=O) groups is 1. The minimum absolute atomic E-state index is 0.107. The van der Waals surface area contributed by atoms with Gasteiger partial charge < -0.3 is 10.4 Å². The van der Waals surface area contributed by atoms with Crippen molar-refractivity contribution in [2.75, 3.05) is 6.54 Å². The van der Waals surface area contributed by atoms with Gasteiger partial charge in [-0.2, -0.15) is 0 Å². The Morgan fingerprint density at radius 3 is 2.77 bits per heavy atom. The number of amides is 1. The van der Waals surface area contributed by atoms with Gasteiger partial charge in [0.2, 0.25) is 5.91 Å². The highest BCUT2D eigenvalue weighted by Gasteiger charge is 2.12. The Hall–Kier alpha value is -1.72. The van der Waals surface area contributed by atoms with Crippen LogP contribution in [0.5, 0.6) is 0 Å². The zero-order valence-corrected chi connectivity index (χ0v) is 13.6. The minimum Gasteiger partial charge on any atom is -0.388 e. The van der Waals surface area contributed by atoms with E-state index < -0.39 is 6.10 Å². The Bertz CT molecular complexity index is 583. The Morgan fingerprint density at radius 1 is 1.32 bits per heavy atom. The molecule has 0 aliphatic rings. The van der Waals surface area contributed by atoms with Crippen molar-refractivity contribution in [1.29, 1.82) is 0 Å². The molecule has 0 saturated heterocycles. The molecule has 118 valence electrons. The van der Waals surface area contributed by atoms with Crippen LogP contribution in [0.4, 0.5) is 0 Å². The molecule has 1 amide bonds. The normalized spacial score (nSPS) is 12.1. The molecule has 22 heavy (non-hydrogen) atoms. The van der Waals surface area contributed by atoms with Crippen LogP contribution in [0.15, 0.2) is 35.7 Å². The standard InChI is InChI=1S/C17H22N2O2S/c1-13-12-22-17(19-13)9-5-6-10-18-16(21)11-15(20)14-7-3-2-4-8-14/h2-4,7-8,12,15,20H,5-6,9-11H2,1H3,(H,18,21). The molecular weight excluding hydrogens is 296 g/mol. The van der Waals surface area contributed by atoms with Gasteiger partial charge in [0.25, 0.3) is 0 Å². The lowest BCUT2D eigenvalue weighted by molar-refractivity contribution is -0.123. The first-order chi connectivity index (χ1) is 10.6. The van der Waals surface area contributed by atoms with E-state index in [2.05, 4.69) is 15.7 Å². The summed E-state index contributed by atoms with van der Waals surface area (Å²) in [5.41, 5.74) is 1.85. The molecule has 1 aromatic carbocycles. The second kappa shape index (κ2) is 8.66. The highest BCUT2D eigenvalue weighted by molar-refractivity contribution is 7.09. The maximum atomic E-state index is 11.8. The third kappa shape index (κ3) is 5.58. The van der Waals surface area contributed by atoms with Crippen molar-refractivity contribution in [3.8, 4) is 0 Å². The zero-order valence-electron chi connectivity index (χ0n) is 12.8. The van der Waals surface area contributed by atoms with E-state index in [4.69, 9.17) is 0 Å². The third-order valence-corrected chi connectivity index (χ3v) is 4.40. The molecule has 0 aliphatic carbocycles. The van der Waals surface area contributed by atoms with Crippen molar-refractivity contribution in [3.63, 3.8) is 0 Å². The van der Waals surface area contributed by atoms with E-state index in [1.165, 1.54) is 0 Å². The molecule has 0 saturated carbocycles. The first-order valence-electron chi connectivity index (χ1n) is 7.56. The fourth-order valence-corrected chi connectivity index (χ4v) is 3.01. The number of hydrogen-bond acceptors (Lipinski definition) is 4. The Kier molecular flexibility index (Phi) is 6.55. The monoisotopic (exact) mass is 318 g/mol. The quantitative estimate of drug-likeness (QED) is 0.736. The maximum Gasteiger partial charge on any atom is 0.222 e. The van der Waals surface area contributed by atoms with Crippen LogP contribution in [0.3, 0.4) is 0 Å². The Labute approximate surface area is 135 Å². The number of aliphatic hydroxyl groups is 1. The average Bonchev–Trinajstić information content (AvgIpc) is 2.93. The average molecular weight is 318 g/mol. The molecule has 4 nitrogen and oxygen atoms in total. The molecule has 0 radical (unpaired) electrons. The van der Waals surface area contributed by atoms with Crippen molar-refractivity contribution in [1.82, 2.24) is 10.3 Å². The lowest BCUT2D eigenvalue weighted by Crippen LogP contribution is -2.26. The molecule has 1 unspecified atom stereocenters. The predicted molar refractivity (Wildman–Crippen MR) is 88.8 cm³/mol. The number of nitrogens with zero attached hydrogens (tertiary/aromatic N) is 1. The van der Waals surface area contributed by atoms with Crippen LogP contribution in [-0.2, 0) is 11.2 Å². The van der Waals surface area contributed by atoms with Crippen molar-refractivity contribution in [2.24, 2.45) is 0 Å². The van der Waals surface area contributed by atoms with Gasteiger partial charge in [-0.1, -0.05) is 30.3 Å². The molecule has 2 aromatic rings. The molecule has 1 heterocycles. The summed E-state index contributed by atoms with van der Waals surface area (Å²) < 4.78 is 0. The molecular formula is C17H22N2O2S. The topological polar surface area (TPSA) is 62.2 Å². The summed E-state index contributed by atoms with van der Waals surface area (Å²) in [4.78, 5) is 16.2. The predicted octanol–water partition coefficient (Wildman–Crippen LogP) is 3.01. The summed E-state index contributed by atoms with van der Waals surface area (Å²) in [7, 11) is 0. The summed E-state index contributed by atoms with van der Waals surface area (Å²) in [6.45, 7) is 2.64. The number of nitrogens with one attached hydrogen (secondary N) is 1. The lowest BCUT2D eigenvalue weighted by Gasteiger charge is -2.11. The van der Waals surface area contributed by atoms with Gasteiger partial charge in [-0.3, -0.25) is 4.79 Å². The van der Waals surface area contributed by atoms with Crippen LogP contribution >= 0.6 is 11.3 Å². The van der Waals surface area contributed by atoms with Crippen LogP contribution in [0, 0.1) is 6.92 Å². The van der Waals surface area contributed by atoms with Gasteiger partial charge in [0.05, 0.1) is 17.5 Å². The molecule has 1 aromatic heterocycles. The number of aliphatic hydroxyl groups excluding tert-OH is 1. The number of carbonyl (C=O) groups excluding carboxylic acids is 1. The second-order valence-corrected chi connectivity index (χ2v) is 6.26. The van der Waals surface area contributed by atoms with Crippen LogP contribution in [0.25, 0.3) is 0 Å². The van der Waals surface area contributed by atoms with Crippen LogP contribution < -0.4 is 5.32 Å². The minimum atomic E-state index is -0.737. The molecule has 0 spiro atoms. The summed E-state index contributed by atoms with van der Waals surface area (Å²) in [5, 5.41) is 16.0. The number of rotatable bonds is 8. The highest BCUT2D eigenvalue weighted by atomic mass is 32.1. The van der Waals surface area contributed by atoms with Crippen molar-refractivity contribution in [2.45, 2.75) is 38.7 Å². The molecule has 5 heteroatoms. The third-order valence-electron chi connectivity index (χ3n) is 3.37. The van der Waals surface area contributed by atoms with Crippen LogP contribution in [-0.4, -0.2) is 22.5 Å². The first-order valence-corrected chi connectivity index (χ1v) is 8.44. The van der Waals surface area contributed by atoms with Crippen molar-refractivity contribution >= 4 is 17.2 Å². The van der Waals surface area contributed by atoms with Crippen LogP contribution in [0.1, 0.15) is 41.6 Å². The number of aromatic nitrogens is 1. The molecule has 0 fully saturated rings. The fraction of sp³-hybridized carbons (Fsp3) is 0.412. The molecule has 0 aliphatic heterocycles. The first kappa shape index (κ1) is 16.6. The van der Waals surface area contributed by atoms with Gasteiger partial charge in [-0.15, -0.1) is 11.3 Å². The summed E-state index contributed by atoms with van der Waals surface area (Å²) >= 11 is 1.69. The van der Waals surface area contributed by atoms with Gasteiger partial charge >= 0.3 is 0 Å². The number of thiazole rings is 1. The Balaban J connectivity index is 1.59. The Morgan fingerprint density at radius 2 is 2.09 bits per heavy atom. The summed E-state index contributed by atoms with van der Waals surface area (Å²) in [6, 6.07) is 9.26. The second-order valence-electron chi connectivity index (χ2n) is 5.32. The van der Waals surface area contributed by atoms with Gasteiger partial charge in [0, 0.05) is 17.6 Å². The maximum absolute atomic E-state index is 11.8. The van der Waals surface area contributed by atoms with E-state index >= 15 is 0 Å². The van der Waals surface area contributed by atoms with Crippen molar-refractivity contribution < 1.29 is 9.90 Å². The zero-order chi connectivity index (χ0) is 15.8. The van der Waals surface area contributed by atoms with E-state index in [0.29, 0.717) is 6.54 Å². The fourth-order valence-electron chi connectivity index (χ4n) is 2.19. The van der Waals surface area contributed by atoms with Crippen LogP contribution in [0.2, 0.25) is 0 Å².